The van der Waals surface area contributed by atoms with Crippen molar-refractivity contribution in [2.45, 2.75) is 40.0 Å². The summed E-state index contributed by atoms with van der Waals surface area (Å²) in [6.07, 6.45) is -2.66. The van der Waals surface area contributed by atoms with Crippen LogP contribution in [0.4, 0.5) is 13.2 Å². The second-order valence-electron chi connectivity index (χ2n) is 6.33. The van der Waals surface area contributed by atoms with Crippen molar-refractivity contribution in [2.75, 3.05) is 13.2 Å². The maximum Gasteiger partial charge on any atom is 0.422 e. The van der Waals surface area contributed by atoms with Crippen LogP contribution < -0.4 is 15.4 Å². The smallest absolute Gasteiger partial charge is 0.422 e. The second-order valence-corrected chi connectivity index (χ2v) is 6.33. The highest BCUT2D eigenvalue weighted by molar-refractivity contribution is 5.79. The molecule has 0 saturated heterocycles. The van der Waals surface area contributed by atoms with Crippen LogP contribution in [0.15, 0.2) is 41.5 Å². The number of halogens is 3. The number of aromatic nitrogens is 1. The van der Waals surface area contributed by atoms with E-state index < -0.39 is 12.8 Å². The van der Waals surface area contributed by atoms with Gasteiger partial charge in [0.25, 0.3) is 0 Å². The van der Waals surface area contributed by atoms with Gasteiger partial charge in [-0.3, -0.25) is 4.98 Å². The minimum atomic E-state index is -4.39. The standard InChI is InChI=1S/C20H25F3N4O/c1-4-24-19(27-12-17-15(3)6-5-9-25-17)26-11-16-8-7-14(2)10-18(16)28-13-20(21,22)23/h5-10H,4,11-13H2,1-3H3,(H2,24,26,27). The number of ether oxygens (including phenoxy) is 1. The van der Waals surface area contributed by atoms with E-state index in [-0.39, 0.29) is 12.3 Å². The van der Waals surface area contributed by atoms with Gasteiger partial charge in [0.15, 0.2) is 12.6 Å². The normalized spacial score (nSPS) is 12.0. The number of aliphatic imine (C=N–C) groups is 1. The molecule has 0 fully saturated rings. The molecule has 0 aliphatic carbocycles. The van der Waals surface area contributed by atoms with Gasteiger partial charge in [-0.2, -0.15) is 13.2 Å². The zero-order valence-electron chi connectivity index (χ0n) is 16.2. The molecule has 2 rings (SSSR count). The topological polar surface area (TPSA) is 58.5 Å². The van der Waals surface area contributed by atoms with Crippen molar-refractivity contribution in [3.63, 3.8) is 0 Å². The van der Waals surface area contributed by atoms with Crippen LogP contribution in [0.5, 0.6) is 5.75 Å². The van der Waals surface area contributed by atoms with Gasteiger partial charge in [0.2, 0.25) is 0 Å². The lowest BCUT2D eigenvalue weighted by molar-refractivity contribution is -0.153. The van der Waals surface area contributed by atoms with Crippen LogP contribution >= 0.6 is 0 Å². The fourth-order valence-electron chi connectivity index (χ4n) is 2.46. The third-order valence-electron chi connectivity index (χ3n) is 3.91. The SMILES string of the molecule is CCNC(=NCc1ccc(C)cc1OCC(F)(F)F)NCc1ncccc1C. The molecule has 8 heteroatoms. The third kappa shape index (κ3) is 7.09. The lowest BCUT2D eigenvalue weighted by Gasteiger charge is -2.15. The monoisotopic (exact) mass is 394 g/mol. The van der Waals surface area contributed by atoms with Gasteiger partial charge < -0.3 is 15.4 Å². The number of hydrogen-bond donors (Lipinski definition) is 2. The lowest BCUT2D eigenvalue weighted by Crippen LogP contribution is -2.37. The zero-order valence-corrected chi connectivity index (χ0v) is 16.2. The Balaban J connectivity index is 2.10. The molecule has 2 aromatic rings. The van der Waals surface area contributed by atoms with E-state index in [2.05, 4.69) is 20.6 Å². The Morgan fingerprint density at radius 2 is 1.96 bits per heavy atom. The molecule has 0 radical (unpaired) electrons. The fraction of sp³-hybridized carbons (Fsp3) is 0.400. The minimum Gasteiger partial charge on any atom is -0.484 e. The molecular formula is C20H25F3N4O. The summed E-state index contributed by atoms with van der Waals surface area (Å²) in [6.45, 7) is 5.71. The van der Waals surface area contributed by atoms with Crippen molar-refractivity contribution in [1.82, 2.24) is 15.6 Å². The number of rotatable bonds is 7. The highest BCUT2D eigenvalue weighted by atomic mass is 19.4. The molecule has 1 aromatic carbocycles. The first kappa shape index (κ1) is 21.5. The Morgan fingerprint density at radius 3 is 2.64 bits per heavy atom. The Bertz CT molecular complexity index is 806. The van der Waals surface area contributed by atoms with Gasteiger partial charge >= 0.3 is 6.18 Å². The number of benzene rings is 1. The Hall–Kier alpha value is -2.77. The summed E-state index contributed by atoms with van der Waals surface area (Å²) >= 11 is 0. The maximum atomic E-state index is 12.5. The first-order chi connectivity index (χ1) is 13.3. The molecule has 0 spiro atoms. The molecule has 0 aliphatic heterocycles. The summed E-state index contributed by atoms with van der Waals surface area (Å²) in [5, 5.41) is 6.31. The Labute approximate surface area is 163 Å². The molecule has 1 heterocycles. The van der Waals surface area contributed by atoms with Crippen molar-refractivity contribution in [2.24, 2.45) is 4.99 Å². The number of alkyl halides is 3. The predicted molar refractivity (Wildman–Crippen MR) is 103 cm³/mol. The largest absolute Gasteiger partial charge is 0.484 e. The second kappa shape index (κ2) is 9.96. The van der Waals surface area contributed by atoms with E-state index in [1.54, 1.807) is 25.3 Å². The first-order valence-corrected chi connectivity index (χ1v) is 9.00. The molecule has 0 aliphatic rings. The molecule has 28 heavy (non-hydrogen) atoms. The van der Waals surface area contributed by atoms with Crippen LogP contribution in [0.3, 0.4) is 0 Å². The zero-order chi connectivity index (χ0) is 20.6. The van der Waals surface area contributed by atoms with E-state index >= 15 is 0 Å². The predicted octanol–water partition coefficient (Wildman–Crippen LogP) is 3.89. The van der Waals surface area contributed by atoms with E-state index in [4.69, 9.17) is 4.74 Å². The third-order valence-corrected chi connectivity index (χ3v) is 3.91. The average Bonchev–Trinajstić information content (AvgIpc) is 2.64. The van der Waals surface area contributed by atoms with Crippen molar-refractivity contribution in [3.8, 4) is 5.75 Å². The summed E-state index contributed by atoms with van der Waals surface area (Å²) in [5.41, 5.74) is 3.37. The summed E-state index contributed by atoms with van der Waals surface area (Å²) in [5.74, 6) is 0.743. The van der Waals surface area contributed by atoms with Crippen LogP contribution in [-0.2, 0) is 13.1 Å². The van der Waals surface area contributed by atoms with Crippen molar-refractivity contribution in [1.29, 1.82) is 0 Å². The number of nitrogens with zero attached hydrogens (tertiary/aromatic N) is 2. The number of aryl methyl sites for hydroxylation is 2. The van der Waals surface area contributed by atoms with E-state index in [0.29, 0.717) is 24.6 Å². The minimum absolute atomic E-state index is 0.185. The Kier molecular flexibility index (Phi) is 7.66. The number of pyridine rings is 1. The fourth-order valence-corrected chi connectivity index (χ4v) is 2.46. The van der Waals surface area contributed by atoms with Gasteiger partial charge in [0.05, 0.1) is 18.8 Å². The van der Waals surface area contributed by atoms with E-state index in [0.717, 1.165) is 16.8 Å². The van der Waals surface area contributed by atoms with Gasteiger partial charge in [-0.15, -0.1) is 0 Å². The molecular weight excluding hydrogens is 369 g/mol. The van der Waals surface area contributed by atoms with Crippen LogP contribution in [0.1, 0.15) is 29.3 Å². The van der Waals surface area contributed by atoms with Crippen molar-refractivity contribution in [3.05, 3.63) is 58.9 Å². The quantitative estimate of drug-likeness (QED) is 0.553. The van der Waals surface area contributed by atoms with E-state index in [1.165, 1.54) is 0 Å². The van der Waals surface area contributed by atoms with Gasteiger partial charge in [0, 0.05) is 18.3 Å². The lowest BCUT2D eigenvalue weighted by atomic mass is 10.1. The molecule has 0 bridgehead atoms. The highest BCUT2D eigenvalue weighted by Crippen LogP contribution is 2.24. The maximum absolute atomic E-state index is 12.5. The molecule has 5 nitrogen and oxygen atoms in total. The van der Waals surface area contributed by atoms with Gasteiger partial charge in [0.1, 0.15) is 5.75 Å². The number of hydrogen-bond acceptors (Lipinski definition) is 3. The van der Waals surface area contributed by atoms with Crippen LogP contribution in [0.2, 0.25) is 0 Å². The van der Waals surface area contributed by atoms with Crippen molar-refractivity contribution >= 4 is 5.96 Å². The van der Waals surface area contributed by atoms with Crippen molar-refractivity contribution < 1.29 is 17.9 Å². The summed E-state index contributed by atoms with van der Waals surface area (Å²) in [4.78, 5) is 8.80. The van der Waals surface area contributed by atoms with Gasteiger partial charge in [-0.05, 0) is 44.0 Å². The molecule has 0 amide bonds. The highest BCUT2D eigenvalue weighted by Gasteiger charge is 2.28. The summed E-state index contributed by atoms with van der Waals surface area (Å²) in [6, 6.07) is 9.00. The molecule has 1 aromatic heterocycles. The first-order valence-electron chi connectivity index (χ1n) is 9.00. The van der Waals surface area contributed by atoms with Gasteiger partial charge in [-0.25, -0.2) is 4.99 Å². The van der Waals surface area contributed by atoms with Crippen LogP contribution in [0.25, 0.3) is 0 Å². The molecule has 152 valence electrons. The summed E-state index contributed by atoms with van der Waals surface area (Å²) < 4.78 is 42.5. The molecule has 0 atom stereocenters. The van der Waals surface area contributed by atoms with Crippen LogP contribution in [-0.4, -0.2) is 30.3 Å². The number of nitrogens with one attached hydrogen (secondary N) is 2. The Morgan fingerprint density at radius 1 is 1.18 bits per heavy atom. The molecule has 0 unspecified atom stereocenters. The van der Waals surface area contributed by atoms with Crippen LogP contribution in [0, 0.1) is 13.8 Å². The van der Waals surface area contributed by atoms with E-state index in [1.807, 2.05) is 32.0 Å². The molecule has 0 saturated carbocycles. The average molecular weight is 394 g/mol. The molecule has 2 N–H and O–H groups in total. The van der Waals surface area contributed by atoms with E-state index in [9.17, 15) is 13.2 Å². The summed E-state index contributed by atoms with van der Waals surface area (Å²) in [7, 11) is 0. The number of guanidine groups is 1. The van der Waals surface area contributed by atoms with Gasteiger partial charge in [-0.1, -0.05) is 18.2 Å².